The van der Waals surface area contributed by atoms with Crippen molar-refractivity contribution >= 4 is 5.69 Å². The van der Waals surface area contributed by atoms with Gasteiger partial charge >= 0.3 is 0 Å². The van der Waals surface area contributed by atoms with E-state index in [1.807, 2.05) is 29.1 Å². The van der Waals surface area contributed by atoms with E-state index < -0.39 is 4.92 Å². The van der Waals surface area contributed by atoms with Crippen molar-refractivity contribution in [3.63, 3.8) is 0 Å². The Labute approximate surface area is 110 Å². The van der Waals surface area contributed by atoms with Gasteiger partial charge in [0.05, 0.1) is 37.3 Å². The van der Waals surface area contributed by atoms with Crippen molar-refractivity contribution < 1.29 is 14.4 Å². The molecule has 100 valence electrons. The molecule has 2 aromatic rings. The number of hydrogen-bond acceptors (Lipinski definition) is 4. The molecule has 0 aliphatic heterocycles. The molecule has 6 nitrogen and oxygen atoms in total. The normalized spacial score (nSPS) is 10.2. The number of benzene rings is 1. The van der Waals surface area contributed by atoms with Crippen molar-refractivity contribution in [2.24, 2.45) is 0 Å². The lowest BCUT2D eigenvalue weighted by Gasteiger charge is -2.11. The first-order valence-corrected chi connectivity index (χ1v) is 5.65. The molecule has 0 N–H and O–H groups in total. The molecule has 2 rings (SSSR count). The number of ether oxygens (including phenoxy) is 2. The molecule has 1 heterocycles. The number of methoxy groups -OCH3 is 2. The zero-order valence-corrected chi connectivity index (χ0v) is 10.7. The molecule has 0 spiro atoms. The predicted molar refractivity (Wildman–Crippen MR) is 69.7 cm³/mol. The summed E-state index contributed by atoms with van der Waals surface area (Å²) in [6.07, 6.45) is 3.70. The van der Waals surface area contributed by atoms with E-state index in [1.54, 1.807) is 6.07 Å². The first kappa shape index (κ1) is 12.9. The van der Waals surface area contributed by atoms with Gasteiger partial charge in [0.15, 0.2) is 11.5 Å². The van der Waals surface area contributed by atoms with E-state index in [0.29, 0.717) is 23.6 Å². The molecule has 1 aromatic heterocycles. The van der Waals surface area contributed by atoms with Crippen LogP contribution in [0.2, 0.25) is 0 Å². The summed E-state index contributed by atoms with van der Waals surface area (Å²) >= 11 is 0. The second-order valence-corrected chi connectivity index (χ2v) is 3.95. The third-order valence-corrected chi connectivity index (χ3v) is 2.80. The van der Waals surface area contributed by atoms with E-state index in [9.17, 15) is 10.1 Å². The fourth-order valence-electron chi connectivity index (χ4n) is 1.88. The van der Waals surface area contributed by atoms with E-state index >= 15 is 0 Å². The number of hydrogen-bond donors (Lipinski definition) is 0. The predicted octanol–water partition coefficient (Wildman–Crippen LogP) is 2.46. The molecule has 19 heavy (non-hydrogen) atoms. The zero-order valence-electron chi connectivity index (χ0n) is 10.7. The summed E-state index contributed by atoms with van der Waals surface area (Å²) in [7, 11) is 2.95. The Hall–Kier alpha value is -2.50. The third kappa shape index (κ3) is 2.67. The molecular formula is C13H14N2O4. The first-order chi connectivity index (χ1) is 9.15. The summed E-state index contributed by atoms with van der Waals surface area (Å²) in [5.74, 6) is 0.834. The van der Waals surface area contributed by atoms with Crippen LogP contribution in [-0.4, -0.2) is 23.7 Å². The molecule has 0 aliphatic carbocycles. The van der Waals surface area contributed by atoms with Gasteiger partial charge in [-0.2, -0.15) is 0 Å². The van der Waals surface area contributed by atoms with Crippen LogP contribution in [0, 0.1) is 10.1 Å². The number of nitro benzene ring substituents is 1. The highest BCUT2D eigenvalue weighted by Crippen LogP contribution is 2.34. The number of nitrogens with zero attached hydrogens (tertiary/aromatic N) is 2. The molecule has 0 bridgehead atoms. The van der Waals surface area contributed by atoms with E-state index in [-0.39, 0.29) is 5.69 Å². The van der Waals surface area contributed by atoms with E-state index in [0.717, 1.165) is 0 Å². The summed E-state index contributed by atoms with van der Waals surface area (Å²) < 4.78 is 12.1. The molecule has 0 atom stereocenters. The second-order valence-electron chi connectivity index (χ2n) is 3.95. The van der Waals surface area contributed by atoms with Crippen LogP contribution >= 0.6 is 0 Å². The van der Waals surface area contributed by atoms with E-state index in [2.05, 4.69) is 0 Å². The molecule has 0 aliphatic rings. The van der Waals surface area contributed by atoms with Crippen LogP contribution < -0.4 is 9.47 Å². The molecule has 0 radical (unpaired) electrons. The number of aromatic nitrogens is 1. The summed E-state index contributed by atoms with van der Waals surface area (Å²) in [6, 6.07) is 6.76. The fourth-order valence-corrected chi connectivity index (χ4v) is 1.88. The maximum atomic E-state index is 11.1. The SMILES string of the molecule is COc1cc(Cn2cccc2)c([N+](=O)[O-])cc1OC. The third-order valence-electron chi connectivity index (χ3n) is 2.80. The van der Waals surface area contributed by atoms with Crippen molar-refractivity contribution in [1.82, 2.24) is 4.57 Å². The fraction of sp³-hybridized carbons (Fsp3) is 0.231. The Morgan fingerprint density at radius 3 is 2.26 bits per heavy atom. The van der Waals surface area contributed by atoms with Crippen LogP contribution in [0.5, 0.6) is 11.5 Å². The minimum atomic E-state index is -0.416. The Morgan fingerprint density at radius 1 is 1.16 bits per heavy atom. The Bertz CT molecular complexity index is 579. The van der Waals surface area contributed by atoms with Gasteiger partial charge < -0.3 is 14.0 Å². The van der Waals surface area contributed by atoms with Gasteiger partial charge in [0.25, 0.3) is 5.69 Å². The van der Waals surface area contributed by atoms with Crippen LogP contribution in [0.1, 0.15) is 5.56 Å². The van der Waals surface area contributed by atoms with Gasteiger partial charge in [0.1, 0.15) is 0 Å². The summed E-state index contributed by atoms with van der Waals surface area (Å²) in [5.41, 5.74) is 0.588. The smallest absolute Gasteiger partial charge is 0.278 e. The topological polar surface area (TPSA) is 66.5 Å². The van der Waals surface area contributed by atoms with Gasteiger partial charge in [-0.15, -0.1) is 0 Å². The quantitative estimate of drug-likeness (QED) is 0.613. The van der Waals surface area contributed by atoms with Crippen LogP contribution in [0.4, 0.5) is 5.69 Å². The average Bonchev–Trinajstić information content (AvgIpc) is 2.90. The largest absolute Gasteiger partial charge is 0.493 e. The molecule has 0 unspecified atom stereocenters. The highest BCUT2D eigenvalue weighted by Gasteiger charge is 2.19. The first-order valence-electron chi connectivity index (χ1n) is 5.65. The summed E-state index contributed by atoms with van der Waals surface area (Å²) in [6.45, 7) is 0.406. The van der Waals surface area contributed by atoms with Crippen molar-refractivity contribution in [3.8, 4) is 11.5 Å². The maximum Gasteiger partial charge on any atom is 0.278 e. The maximum absolute atomic E-state index is 11.1. The standard InChI is InChI=1S/C13H14N2O4/c1-18-12-7-10(9-14-5-3-4-6-14)11(15(16)17)8-13(12)19-2/h3-8H,9H2,1-2H3. The van der Waals surface area contributed by atoms with Gasteiger partial charge in [0, 0.05) is 12.4 Å². The van der Waals surface area contributed by atoms with Gasteiger partial charge in [0.2, 0.25) is 0 Å². The minimum Gasteiger partial charge on any atom is -0.493 e. The number of nitro groups is 1. The monoisotopic (exact) mass is 262 g/mol. The van der Waals surface area contributed by atoms with Crippen molar-refractivity contribution in [2.45, 2.75) is 6.54 Å². The summed E-state index contributed by atoms with van der Waals surface area (Å²) in [5, 5.41) is 11.1. The molecule has 0 fully saturated rings. The van der Waals surface area contributed by atoms with Gasteiger partial charge in [-0.05, 0) is 18.2 Å². The van der Waals surface area contributed by atoms with Crippen molar-refractivity contribution in [3.05, 3.63) is 52.3 Å². The molecule has 1 aromatic carbocycles. The number of rotatable bonds is 5. The highest BCUT2D eigenvalue weighted by atomic mass is 16.6. The lowest BCUT2D eigenvalue weighted by Crippen LogP contribution is -2.03. The highest BCUT2D eigenvalue weighted by molar-refractivity contribution is 5.54. The molecule has 0 saturated carbocycles. The van der Waals surface area contributed by atoms with E-state index in [4.69, 9.17) is 9.47 Å². The Balaban J connectivity index is 2.47. The Kier molecular flexibility index (Phi) is 3.70. The van der Waals surface area contributed by atoms with Crippen LogP contribution in [0.25, 0.3) is 0 Å². The van der Waals surface area contributed by atoms with Crippen molar-refractivity contribution in [2.75, 3.05) is 14.2 Å². The van der Waals surface area contributed by atoms with Crippen LogP contribution in [-0.2, 0) is 6.54 Å². The molecular weight excluding hydrogens is 248 g/mol. The van der Waals surface area contributed by atoms with E-state index in [1.165, 1.54) is 20.3 Å². The molecule has 6 heteroatoms. The average molecular weight is 262 g/mol. The Morgan fingerprint density at radius 2 is 1.74 bits per heavy atom. The van der Waals surface area contributed by atoms with Gasteiger partial charge in [-0.25, -0.2) is 0 Å². The van der Waals surface area contributed by atoms with Gasteiger partial charge in [-0.1, -0.05) is 0 Å². The second kappa shape index (κ2) is 5.43. The van der Waals surface area contributed by atoms with Gasteiger partial charge in [-0.3, -0.25) is 10.1 Å². The molecule has 0 saturated heterocycles. The van der Waals surface area contributed by atoms with Crippen molar-refractivity contribution in [1.29, 1.82) is 0 Å². The lowest BCUT2D eigenvalue weighted by molar-refractivity contribution is -0.385. The molecule has 0 amide bonds. The summed E-state index contributed by atoms with van der Waals surface area (Å²) in [4.78, 5) is 10.7. The van der Waals surface area contributed by atoms with Crippen LogP contribution in [0.15, 0.2) is 36.7 Å². The van der Waals surface area contributed by atoms with Crippen LogP contribution in [0.3, 0.4) is 0 Å². The minimum absolute atomic E-state index is 0.0198. The lowest BCUT2D eigenvalue weighted by atomic mass is 10.1. The zero-order chi connectivity index (χ0) is 13.8.